The minimum atomic E-state index is -4.51. The zero-order valence-electron chi connectivity index (χ0n) is 82.5. The summed E-state index contributed by atoms with van der Waals surface area (Å²) < 4.78 is 117. The molecule has 18 atom stereocenters. The lowest BCUT2D eigenvalue weighted by Gasteiger charge is -2.41. The number of carbonyl (C=O) groups is 6. The fraction of sp³-hybridized carbons (Fsp3) is 0.427. The predicted octanol–water partition coefficient (Wildman–Crippen LogP) is 16.5. The number of alkyl halides is 2. The second kappa shape index (κ2) is 48.8. The van der Waals surface area contributed by atoms with Crippen molar-refractivity contribution in [1.29, 1.82) is 0 Å². The number of carbonyl (C=O) groups excluding carboxylic acids is 6. The number of aromatic amines is 2. The van der Waals surface area contributed by atoms with Gasteiger partial charge >= 0.3 is 25.5 Å². The summed E-state index contributed by atoms with van der Waals surface area (Å²) in [5.74, 6) is -4.38. The first kappa shape index (κ1) is 116. The topological polar surface area (TPSA) is 563 Å². The maximum atomic E-state index is 17.0. The van der Waals surface area contributed by atoms with Crippen molar-refractivity contribution in [1.82, 2.24) is 89.2 Å². The molecule has 13 aromatic rings. The second-order valence-corrected chi connectivity index (χ2v) is 56.0. The number of nitrogens with one attached hydrogen (secondary N) is 6. The van der Waals surface area contributed by atoms with Crippen LogP contribution in [0.15, 0.2) is 199 Å². The highest BCUT2D eigenvalue weighted by Gasteiger charge is 2.58. The average Bonchev–Trinajstić information content (AvgIpc) is 1.60. The quantitative estimate of drug-likeness (QED) is 0.00810. The SMILES string of the molecule is C.C.CC(C)C(=O)Nc1nc2c(ncn2[C@@H]2S[C@H](CO)[C@@H](O[Si](C)(C)C(C)(C)C)[C@H]2OP(O)(=S)OC[C@H]2O[C@@H](n3cnc4c(NC(=O)c5ccccc5)ncnc43)[C@@H](F)[C@@H]2OC(=O)c2ccccc2)c(=O)[nH]1.CC[C@H]1S[C@@H](n2cnc3c(=O)[nH]c(NC(=O)C(C)C)nc32)[C@H](OP(=O)(S)OC[C@H]2O[C@@H](n3cnc4c(NC(=O)c5ccccc5)ncnc43)[C@@H](F)[C@@H]2OC(=O)c2ccccc2)[C@@H]1O[Si](C)(C)C(C)(C)C.N.c1ccncc1. The van der Waals surface area contributed by atoms with E-state index in [1.54, 1.807) is 142 Å². The fourth-order valence-corrected chi connectivity index (χ4v) is 24.4. The molecule has 0 radical (unpaired) electrons. The van der Waals surface area contributed by atoms with Gasteiger partial charge in [0.05, 0.1) is 73.7 Å². The predicted molar refractivity (Wildman–Crippen MR) is 571 cm³/mol. The van der Waals surface area contributed by atoms with Crippen LogP contribution in [0.2, 0.25) is 36.3 Å². The first-order valence-electron chi connectivity index (χ1n) is 46.5. The molecule has 0 bridgehead atoms. The molecular weight excluding hydrogens is 2080 g/mol. The Morgan fingerprint density at radius 3 is 1.24 bits per heavy atom. The van der Waals surface area contributed by atoms with Gasteiger partial charge in [-0.05, 0) is 115 Å². The Morgan fingerprint density at radius 2 is 0.872 bits per heavy atom. The number of aliphatic hydroxyl groups excluding tert-OH is 1. The Kier molecular flexibility index (Phi) is 38.0. The maximum absolute atomic E-state index is 17.0. The van der Waals surface area contributed by atoms with Crippen molar-refractivity contribution in [3.05, 3.63) is 233 Å². The standard InChI is InChI=1S/C45H54FN10O10PS2Si.C44H52FN10O11PS2Si.C5H5N.2CH4.H3N/c1-9-28-33(66-70(7,8)45(4,5)6)34(42(69-28)56-23-50-31-37(56)52-44(54-40(31)59)53-38(57)24(2)3)65-67(61,68)62-20-27-32(64-43(60)26-18-14-11-15-19-26)29(46)41(63-27)55-22-49-30-35(47-21-48-36(30)55)51-39(58)25-16-12-10-13-17-25;1-23(2)37(57)52-43-51-36-30(39(59)53-43)49-22-55(36)41-33(32(27(18-56)69-41)66-70(6,7)44(3,4)5)65-67(61,68)62-19-26-31(64-42(60)25-16-12-9-13-17-25)28(45)40(63-26)54-21-48-29-34(46-20-47-35(29)54)50-38(58)24-14-10-8-11-15-24;1-2-4-6-5-3-1;;;/h10-19,21-24,27-29,32-34,41-42H,9,20H2,1-8H3,(H,61,68)(H,47,48,51,58)(H2,52,53,54,57,59);8-17,20-23,26-28,31-33,40-41,56H,18-19H2,1-7H3,(H,61,68)(H,46,47,50,58)(H2,51,52,53,57,59);1-5H;2*1H4;1H3/t27-,28-,29+,32-,33-,34-,41-,42-,67?;26-,27-,28+,31-,32-,33-,40-,41-,67?;;;;/m11..../s1. The van der Waals surface area contributed by atoms with Crippen molar-refractivity contribution in [2.24, 2.45) is 11.8 Å². The van der Waals surface area contributed by atoms with Crippen LogP contribution in [0, 0.1) is 11.8 Å². The largest absolute Gasteiger partial charge is 0.453 e. The number of thiol groups is 1. The third-order valence-corrected chi connectivity index (χ3v) is 40.7. The Morgan fingerprint density at radius 1 is 0.510 bits per heavy atom. The van der Waals surface area contributed by atoms with E-state index >= 15 is 8.78 Å². The van der Waals surface area contributed by atoms with Crippen molar-refractivity contribution < 1.29 is 98.0 Å². The third kappa shape index (κ3) is 26.6. The molecule has 4 aliphatic rings. The summed E-state index contributed by atoms with van der Waals surface area (Å²) in [4.78, 5) is 169. The van der Waals surface area contributed by atoms with Crippen LogP contribution < -0.4 is 38.5 Å². The summed E-state index contributed by atoms with van der Waals surface area (Å²) in [6.07, 6.45) is -5.54. The molecule has 11 N–H and O–H groups in total. The zero-order chi connectivity index (χ0) is 105. The number of hydrogen-bond donors (Lipinski definition) is 10. The average molecular weight is 2200 g/mol. The van der Waals surface area contributed by atoms with Crippen molar-refractivity contribution >= 4 is 181 Å². The van der Waals surface area contributed by atoms with Gasteiger partial charge in [-0.1, -0.05) is 182 Å². The molecule has 798 valence electrons. The van der Waals surface area contributed by atoms with E-state index in [1.165, 1.54) is 93.1 Å². The number of rotatable bonds is 32. The summed E-state index contributed by atoms with van der Waals surface area (Å²) in [7, 11) is -5.26. The van der Waals surface area contributed by atoms with Gasteiger partial charge in [0.2, 0.25) is 23.7 Å². The van der Waals surface area contributed by atoms with Crippen LogP contribution in [0.5, 0.6) is 0 Å². The zero-order valence-corrected chi connectivity index (χ0v) is 89.6. The third-order valence-electron chi connectivity index (χ3n) is 25.3. The van der Waals surface area contributed by atoms with E-state index < -0.39 is 192 Å². The van der Waals surface area contributed by atoms with Gasteiger partial charge in [0.25, 0.3) is 22.9 Å². The summed E-state index contributed by atoms with van der Waals surface area (Å²) in [6, 6.07) is 38.5. The van der Waals surface area contributed by atoms with Crippen LogP contribution in [0.4, 0.5) is 32.3 Å². The van der Waals surface area contributed by atoms with Crippen LogP contribution in [0.1, 0.15) is 162 Å². The van der Waals surface area contributed by atoms with Crippen molar-refractivity contribution in [3.63, 3.8) is 0 Å². The number of imidazole rings is 4. The highest BCUT2D eigenvalue weighted by molar-refractivity contribution is 8.44. The van der Waals surface area contributed by atoms with Gasteiger partial charge in [-0.25, -0.2) is 62.8 Å². The van der Waals surface area contributed by atoms with Crippen molar-refractivity contribution in [2.75, 3.05) is 41.1 Å². The first-order chi connectivity index (χ1) is 69.3. The molecule has 149 heavy (non-hydrogen) atoms. The molecule has 2 unspecified atom stereocenters. The van der Waals surface area contributed by atoms with Gasteiger partial charge in [-0.3, -0.25) is 86.2 Å². The van der Waals surface area contributed by atoms with Gasteiger partial charge < -0.3 is 59.1 Å². The van der Waals surface area contributed by atoms with E-state index in [2.05, 4.69) is 132 Å². The highest BCUT2D eigenvalue weighted by Crippen LogP contribution is 2.62. The van der Waals surface area contributed by atoms with E-state index in [0.29, 0.717) is 17.5 Å². The van der Waals surface area contributed by atoms with Crippen molar-refractivity contribution in [2.45, 2.75) is 229 Å². The number of benzene rings is 4. The maximum Gasteiger partial charge on any atom is 0.386 e. The monoisotopic (exact) mass is 2200 g/mol. The van der Waals surface area contributed by atoms with Gasteiger partial charge in [0, 0.05) is 40.6 Å². The van der Waals surface area contributed by atoms with E-state index in [0.717, 1.165) is 6.33 Å². The molecule has 0 spiro atoms. The number of aromatic nitrogens is 17. The van der Waals surface area contributed by atoms with Gasteiger partial charge in [0.15, 0.2) is 110 Å². The molecule has 4 amide bonds. The van der Waals surface area contributed by atoms with Crippen LogP contribution >= 0.6 is 49.3 Å². The Labute approximate surface area is 877 Å². The molecular formula is C96H122F2N22O21P2S4Si2. The van der Waals surface area contributed by atoms with E-state index in [1.807, 2.05) is 59.0 Å². The molecule has 4 aromatic carbocycles. The lowest BCUT2D eigenvalue weighted by molar-refractivity contribution is -0.119. The molecule has 13 heterocycles. The summed E-state index contributed by atoms with van der Waals surface area (Å²) in [5.41, 5.74) is 0.258. The van der Waals surface area contributed by atoms with Crippen LogP contribution in [0.3, 0.4) is 0 Å². The van der Waals surface area contributed by atoms with Crippen LogP contribution in [0.25, 0.3) is 44.7 Å². The Hall–Kier alpha value is -11.6. The highest BCUT2D eigenvalue weighted by atomic mass is 32.7. The normalized spacial score (nSPS) is 22.6. The Balaban J connectivity index is 0.000000245. The van der Waals surface area contributed by atoms with E-state index in [9.17, 15) is 52.9 Å². The number of H-pyrrole nitrogens is 2. The van der Waals surface area contributed by atoms with E-state index in [4.69, 9.17) is 57.7 Å². The molecule has 53 heteroatoms. The van der Waals surface area contributed by atoms with E-state index in [-0.39, 0.29) is 122 Å². The number of ether oxygens (including phenoxy) is 4. The van der Waals surface area contributed by atoms with Gasteiger partial charge in [0.1, 0.15) is 47.8 Å². The van der Waals surface area contributed by atoms with Gasteiger partial charge in [-0.2, -0.15) is 9.97 Å². The second-order valence-electron chi connectivity index (χ2n) is 38.1. The molecule has 17 rings (SSSR count). The molecule has 43 nitrogen and oxygen atoms in total. The molecule has 4 aliphatic heterocycles. The number of thioether (sulfide) groups is 2. The summed E-state index contributed by atoms with van der Waals surface area (Å²) in [5, 5.41) is 18.3. The number of hydrogen-bond acceptors (Lipinski definition) is 35. The van der Waals surface area contributed by atoms with Crippen LogP contribution in [-0.4, -0.2) is 237 Å². The summed E-state index contributed by atoms with van der Waals surface area (Å²) in [6.45, 7) is 18.6. The number of pyridine rings is 1. The number of nitrogens with zero attached hydrogens (tertiary/aromatic N) is 15. The number of esters is 2. The number of amides is 4. The van der Waals surface area contributed by atoms with Crippen LogP contribution in [-0.2, 0) is 71.9 Å². The number of halogens is 2. The molecule has 0 aliphatic carbocycles. The number of fused-ring (bicyclic) bond motifs is 4. The lowest BCUT2D eigenvalue weighted by Crippen LogP contribution is -2.50. The van der Waals surface area contributed by atoms with Gasteiger partial charge in [-0.15, -0.1) is 23.5 Å². The Bertz CT molecular complexity index is 6670. The molecule has 0 saturated carbocycles. The van der Waals surface area contributed by atoms with Crippen molar-refractivity contribution in [3.8, 4) is 0 Å². The molecule has 9 aromatic heterocycles. The fourth-order valence-electron chi connectivity index (χ4n) is 15.5. The minimum absolute atomic E-state index is 0. The number of anilines is 4. The number of aliphatic hydroxyl groups is 1. The minimum Gasteiger partial charge on any atom is -0.453 e. The first-order valence-corrected chi connectivity index (χ1v) is 59.5. The molecule has 4 saturated heterocycles. The lowest BCUT2D eigenvalue weighted by atomic mass is 10.1. The molecule has 4 fully saturated rings. The summed E-state index contributed by atoms with van der Waals surface area (Å²) >= 11 is 12.8. The smallest absolute Gasteiger partial charge is 0.386 e.